The van der Waals surface area contributed by atoms with Crippen LogP contribution in [0.2, 0.25) is 0 Å². The normalized spacial score (nSPS) is 32.0. The van der Waals surface area contributed by atoms with Crippen LogP contribution in [-0.4, -0.2) is 51.6 Å². The molecule has 0 radical (unpaired) electrons. The van der Waals surface area contributed by atoms with Gasteiger partial charge in [0.1, 0.15) is 20.0 Å². The van der Waals surface area contributed by atoms with Crippen molar-refractivity contribution >= 4 is 5.97 Å². The van der Waals surface area contributed by atoms with Gasteiger partial charge in [0.25, 0.3) is 0 Å². The first kappa shape index (κ1) is 18.8. The number of esters is 1. The molecule has 0 aromatic rings. The Morgan fingerprint density at radius 3 is 2.48 bits per heavy atom. The van der Waals surface area contributed by atoms with Gasteiger partial charge < -0.3 is 23.7 Å². The Hall–Kier alpha value is -0.950. The van der Waals surface area contributed by atoms with Crippen molar-refractivity contribution in [2.45, 2.75) is 39.4 Å². The summed E-state index contributed by atoms with van der Waals surface area (Å²) in [7, 11) is 0. The van der Waals surface area contributed by atoms with Crippen molar-refractivity contribution in [1.29, 1.82) is 0 Å². The summed E-state index contributed by atoms with van der Waals surface area (Å²) in [5, 5.41) is 0. The number of carbonyl (C=O) groups is 1. The molecule has 0 aromatic carbocycles. The number of allylic oxidation sites excluding steroid dienone is 2. The fraction of sp³-hybridized carbons (Fsp3) is 0.842. The van der Waals surface area contributed by atoms with Crippen LogP contribution < -0.4 is 0 Å². The Balaban J connectivity index is 1.21. The lowest BCUT2D eigenvalue weighted by atomic mass is 9.94. The zero-order valence-electron chi connectivity index (χ0n) is 15.5. The van der Waals surface area contributed by atoms with Crippen molar-refractivity contribution in [1.82, 2.24) is 0 Å². The van der Waals surface area contributed by atoms with E-state index in [4.69, 9.17) is 23.7 Å². The summed E-state index contributed by atoms with van der Waals surface area (Å²) in [6.45, 7) is 8.37. The van der Waals surface area contributed by atoms with Crippen molar-refractivity contribution in [3.8, 4) is 0 Å². The van der Waals surface area contributed by atoms with Gasteiger partial charge in [-0.05, 0) is 31.6 Å². The molecule has 6 heteroatoms. The Bertz CT molecular complexity index is 490. The third-order valence-corrected chi connectivity index (χ3v) is 5.12. The maximum atomic E-state index is 12.0. The second kappa shape index (κ2) is 7.74. The van der Waals surface area contributed by atoms with Gasteiger partial charge in [0.05, 0.1) is 25.7 Å². The molecule has 0 spiro atoms. The molecule has 0 aromatic heterocycles. The van der Waals surface area contributed by atoms with Crippen LogP contribution in [0.15, 0.2) is 12.2 Å². The Labute approximate surface area is 149 Å². The van der Waals surface area contributed by atoms with Gasteiger partial charge >= 0.3 is 5.97 Å². The van der Waals surface area contributed by atoms with Crippen molar-refractivity contribution in [3.05, 3.63) is 12.2 Å². The molecular weight excluding hydrogens is 324 g/mol. The quantitative estimate of drug-likeness (QED) is 0.289. The summed E-state index contributed by atoms with van der Waals surface area (Å²) in [5.74, 6) is 0.170. The molecule has 0 amide bonds. The Morgan fingerprint density at radius 1 is 1.08 bits per heavy atom. The molecule has 142 valence electrons. The summed E-state index contributed by atoms with van der Waals surface area (Å²) in [6.07, 6.45) is 6.40. The SMILES string of the molecule is CC1(C)COC(C)(COCOCCOC(=O)C2CC3C=CC2C3)OC1. The summed E-state index contributed by atoms with van der Waals surface area (Å²) in [6, 6.07) is 0. The lowest BCUT2D eigenvalue weighted by molar-refractivity contribution is -0.311. The van der Waals surface area contributed by atoms with Gasteiger partial charge in [-0.15, -0.1) is 0 Å². The van der Waals surface area contributed by atoms with E-state index in [0.717, 1.165) is 12.8 Å². The topological polar surface area (TPSA) is 63.2 Å². The van der Waals surface area contributed by atoms with E-state index in [1.54, 1.807) is 0 Å². The summed E-state index contributed by atoms with van der Waals surface area (Å²) in [5.41, 5.74) is 0.0362. The van der Waals surface area contributed by atoms with Gasteiger partial charge in [-0.2, -0.15) is 0 Å². The highest BCUT2D eigenvalue weighted by atomic mass is 16.7. The molecule has 6 nitrogen and oxygen atoms in total. The molecule has 1 heterocycles. The molecule has 2 aliphatic carbocycles. The van der Waals surface area contributed by atoms with E-state index in [0.29, 0.717) is 38.3 Å². The second-order valence-electron chi connectivity index (χ2n) is 8.30. The molecule has 1 saturated heterocycles. The standard InChI is InChI=1S/C19H30O6/c1-18(2)10-24-19(3,25-11-18)12-22-13-21-6-7-23-17(20)16-9-14-4-5-15(16)8-14/h4-5,14-16H,6-13H2,1-3H3. The highest BCUT2D eigenvalue weighted by Gasteiger charge is 2.40. The largest absolute Gasteiger partial charge is 0.463 e. The van der Waals surface area contributed by atoms with Gasteiger partial charge in [-0.25, -0.2) is 0 Å². The summed E-state index contributed by atoms with van der Waals surface area (Å²) >= 11 is 0. The number of hydrogen-bond acceptors (Lipinski definition) is 6. The predicted molar refractivity (Wildman–Crippen MR) is 90.7 cm³/mol. The third-order valence-electron chi connectivity index (χ3n) is 5.12. The van der Waals surface area contributed by atoms with E-state index in [-0.39, 0.29) is 30.7 Å². The Kier molecular flexibility index (Phi) is 5.83. The highest BCUT2D eigenvalue weighted by molar-refractivity contribution is 5.74. The van der Waals surface area contributed by atoms with Crippen LogP contribution in [0.4, 0.5) is 0 Å². The first-order valence-corrected chi connectivity index (χ1v) is 9.15. The minimum atomic E-state index is -0.722. The van der Waals surface area contributed by atoms with Crippen molar-refractivity contribution in [2.75, 3.05) is 39.8 Å². The first-order chi connectivity index (χ1) is 11.9. The van der Waals surface area contributed by atoms with Crippen LogP contribution in [0.25, 0.3) is 0 Å². The van der Waals surface area contributed by atoms with E-state index in [9.17, 15) is 4.79 Å². The molecule has 1 saturated carbocycles. The molecule has 0 N–H and O–H groups in total. The maximum Gasteiger partial charge on any atom is 0.309 e. The molecule has 3 unspecified atom stereocenters. The monoisotopic (exact) mass is 354 g/mol. The number of rotatable bonds is 8. The molecule has 2 bridgehead atoms. The van der Waals surface area contributed by atoms with E-state index < -0.39 is 5.79 Å². The van der Waals surface area contributed by atoms with Gasteiger partial charge in [-0.3, -0.25) is 4.79 Å². The average Bonchev–Trinajstić information content (AvgIpc) is 3.20. The second-order valence-corrected chi connectivity index (χ2v) is 8.30. The molecule has 1 aliphatic heterocycles. The van der Waals surface area contributed by atoms with Crippen molar-refractivity contribution in [3.63, 3.8) is 0 Å². The fourth-order valence-electron chi connectivity index (χ4n) is 3.57. The maximum absolute atomic E-state index is 12.0. The van der Waals surface area contributed by atoms with Crippen molar-refractivity contribution < 1.29 is 28.5 Å². The predicted octanol–water partition coefficient (Wildman–Crippen LogP) is 2.52. The molecular formula is C19H30O6. The number of hydrogen-bond donors (Lipinski definition) is 0. The van der Waals surface area contributed by atoms with E-state index in [1.807, 2.05) is 6.92 Å². The summed E-state index contributed by atoms with van der Waals surface area (Å²) in [4.78, 5) is 12.0. The number of ether oxygens (including phenoxy) is 5. The van der Waals surface area contributed by atoms with Crippen LogP contribution in [-0.2, 0) is 28.5 Å². The van der Waals surface area contributed by atoms with Crippen LogP contribution in [0.5, 0.6) is 0 Å². The molecule has 3 rings (SSSR count). The fourth-order valence-corrected chi connectivity index (χ4v) is 3.57. The molecule has 3 aliphatic rings. The van der Waals surface area contributed by atoms with Crippen LogP contribution in [0, 0.1) is 23.2 Å². The average molecular weight is 354 g/mol. The summed E-state index contributed by atoms with van der Waals surface area (Å²) < 4.78 is 27.6. The van der Waals surface area contributed by atoms with Crippen molar-refractivity contribution in [2.24, 2.45) is 23.2 Å². The molecule has 2 fully saturated rings. The van der Waals surface area contributed by atoms with Crippen LogP contribution in [0.1, 0.15) is 33.6 Å². The number of fused-ring (bicyclic) bond motifs is 2. The van der Waals surface area contributed by atoms with Gasteiger partial charge in [0.15, 0.2) is 5.79 Å². The Morgan fingerprint density at radius 2 is 1.84 bits per heavy atom. The van der Waals surface area contributed by atoms with E-state index in [2.05, 4.69) is 26.0 Å². The van der Waals surface area contributed by atoms with E-state index >= 15 is 0 Å². The van der Waals surface area contributed by atoms with Gasteiger partial charge in [0, 0.05) is 5.41 Å². The third kappa shape index (κ3) is 5.03. The lowest BCUT2D eigenvalue weighted by Crippen LogP contribution is -2.48. The molecule has 3 atom stereocenters. The smallest absolute Gasteiger partial charge is 0.309 e. The first-order valence-electron chi connectivity index (χ1n) is 9.15. The lowest BCUT2D eigenvalue weighted by Gasteiger charge is -2.41. The van der Waals surface area contributed by atoms with Gasteiger partial charge in [0.2, 0.25) is 0 Å². The highest BCUT2D eigenvalue weighted by Crippen LogP contribution is 2.43. The minimum Gasteiger partial charge on any atom is -0.463 e. The number of carbonyl (C=O) groups excluding carboxylic acids is 1. The minimum absolute atomic E-state index is 0.0362. The zero-order chi connectivity index (χ0) is 17.9. The van der Waals surface area contributed by atoms with Crippen LogP contribution in [0.3, 0.4) is 0 Å². The zero-order valence-corrected chi connectivity index (χ0v) is 15.5. The van der Waals surface area contributed by atoms with Gasteiger partial charge in [-0.1, -0.05) is 26.0 Å². The van der Waals surface area contributed by atoms with E-state index in [1.165, 1.54) is 0 Å². The van der Waals surface area contributed by atoms with Crippen LogP contribution >= 0.6 is 0 Å². The molecule has 25 heavy (non-hydrogen) atoms.